The van der Waals surface area contributed by atoms with Gasteiger partial charge >= 0.3 is 0 Å². The van der Waals surface area contributed by atoms with Crippen molar-refractivity contribution in [1.82, 2.24) is 30.8 Å². The number of H-pyrrole nitrogens is 1. The molecule has 2 aliphatic rings. The fraction of sp³-hybridized carbons (Fsp3) is 0.444. The van der Waals surface area contributed by atoms with Gasteiger partial charge < -0.3 is 20.7 Å². The van der Waals surface area contributed by atoms with E-state index in [0.29, 0.717) is 29.8 Å². The highest BCUT2D eigenvalue weighted by Gasteiger charge is 2.26. The summed E-state index contributed by atoms with van der Waals surface area (Å²) in [6.07, 6.45) is 8.15. The van der Waals surface area contributed by atoms with Gasteiger partial charge in [0.1, 0.15) is 17.4 Å². The van der Waals surface area contributed by atoms with Gasteiger partial charge in [0.25, 0.3) is 0 Å². The first-order chi connectivity index (χ1) is 18.1. The second kappa shape index (κ2) is 11.4. The normalized spacial score (nSPS) is 19.1. The molecular weight excluding hydrogens is 468 g/mol. The zero-order valence-electron chi connectivity index (χ0n) is 21.0. The minimum atomic E-state index is -0.0522. The highest BCUT2D eigenvalue weighted by molar-refractivity contribution is 5.79. The van der Waals surface area contributed by atoms with Gasteiger partial charge in [0.05, 0.1) is 31.7 Å². The summed E-state index contributed by atoms with van der Waals surface area (Å²) in [4.78, 5) is 21.7. The van der Waals surface area contributed by atoms with E-state index in [9.17, 15) is 4.79 Å². The third-order valence-electron chi connectivity index (χ3n) is 6.98. The first-order valence-electron chi connectivity index (χ1n) is 12.8. The average Bonchev–Trinajstić information content (AvgIpc) is 3.67. The van der Waals surface area contributed by atoms with E-state index in [0.717, 1.165) is 48.7 Å². The van der Waals surface area contributed by atoms with Crippen molar-refractivity contribution < 1.29 is 9.53 Å². The van der Waals surface area contributed by atoms with Crippen LogP contribution in [0.1, 0.15) is 67.1 Å². The number of carbonyl (C=O) groups excluding carboxylic acids is 1. The molecule has 0 radical (unpaired) electrons. The molecule has 37 heavy (non-hydrogen) atoms. The number of benzene rings is 1. The molecule has 2 saturated carbocycles. The Morgan fingerprint density at radius 3 is 2.68 bits per heavy atom. The van der Waals surface area contributed by atoms with Crippen molar-refractivity contribution in [2.75, 3.05) is 12.4 Å². The minimum absolute atomic E-state index is 0.0522. The lowest BCUT2D eigenvalue weighted by Crippen LogP contribution is -2.42. The fourth-order valence-electron chi connectivity index (χ4n) is 4.80. The van der Waals surface area contributed by atoms with E-state index in [1.54, 1.807) is 31.5 Å². The molecular formula is C27H32N8O2. The van der Waals surface area contributed by atoms with Crippen LogP contribution in [0.3, 0.4) is 0 Å². The van der Waals surface area contributed by atoms with Crippen molar-refractivity contribution in [3.8, 4) is 11.8 Å². The Kier molecular flexibility index (Phi) is 7.61. The van der Waals surface area contributed by atoms with Crippen LogP contribution >= 0.6 is 0 Å². The van der Waals surface area contributed by atoms with Crippen LogP contribution in [0.25, 0.3) is 0 Å². The zero-order valence-corrected chi connectivity index (χ0v) is 21.0. The number of nitrogens with one attached hydrogen (secondary N) is 4. The first kappa shape index (κ1) is 24.7. The number of anilines is 2. The molecule has 2 fully saturated rings. The Morgan fingerprint density at radius 2 is 1.92 bits per heavy atom. The van der Waals surface area contributed by atoms with Gasteiger partial charge in [-0.25, -0.2) is 9.97 Å². The van der Waals surface area contributed by atoms with Crippen molar-refractivity contribution in [1.29, 1.82) is 5.26 Å². The van der Waals surface area contributed by atoms with Gasteiger partial charge in [0.15, 0.2) is 5.82 Å². The average molecular weight is 501 g/mol. The van der Waals surface area contributed by atoms with Gasteiger partial charge in [-0.15, -0.1) is 0 Å². The number of methoxy groups -OCH3 is 1. The predicted octanol–water partition coefficient (Wildman–Crippen LogP) is 3.46. The Morgan fingerprint density at radius 1 is 1.11 bits per heavy atom. The van der Waals surface area contributed by atoms with Gasteiger partial charge in [-0.3, -0.25) is 9.89 Å². The number of ether oxygens (including phenoxy) is 1. The molecule has 3 aromatic rings. The molecule has 10 nitrogen and oxygen atoms in total. The lowest BCUT2D eigenvalue weighted by atomic mass is 9.91. The van der Waals surface area contributed by atoms with Crippen molar-refractivity contribution in [3.05, 3.63) is 59.2 Å². The molecule has 0 spiro atoms. The molecule has 0 aliphatic heterocycles. The lowest BCUT2D eigenvalue weighted by molar-refractivity contribution is -0.121. The van der Waals surface area contributed by atoms with E-state index in [-0.39, 0.29) is 18.4 Å². The van der Waals surface area contributed by atoms with Gasteiger partial charge in [-0.1, -0.05) is 0 Å². The maximum atomic E-state index is 12.6. The molecule has 4 N–H and O–H groups in total. The van der Waals surface area contributed by atoms with E-state index < -0.39 is 0 Å². The topological polar surface area (TPSA) is 141 Å². The molecule has 0 unspecified atom stereocenters. The third kappa shape index (κ3) is 6.62. The van der Waals surface area contributed by atoms with Gasteiger partial charge in [0.2, 0.25) is 5.91 Å². The Balaban J connectivity index is 1.05. The maximum absolute atomic E-state index is 12.6. The fourth-order valence-corrected chi connectivity index (χ4v) is 4.80. The van der Waals surface area contributed by atoms with E-state index >= 15 is 0 Å². The van der Waals surface area contributed by atoms with Crippen molar-refractivity contribution in [3.63, 3.8) is 0 Å². The number of hydrogen-bond donors (Lipinski definition) is 4. The summed E-state index contributed by atoms with van der Waals surface area (Å²) >= 11 is 0. The number of nitrogens with zero attached hydrogens (tertiary/aromatic N) is 4. The van der Waals surface area contributed by atoms with Crippen LogP contribution in [-0.2, 0) is 17.8 Å². The smallest absolute Gasteiger partial charge is 0.224 e. The molecule has 0 atom stereocenters. The number of aromatic amines is 1. The Hall–Kier alpha value is -3.97. The Bertz CT molecular complexity index is 1270. The summed E-state index contributed by atoms with van der Waals surface area (Å²) in [5.41, 5.74) is 2.42. The van der Waals surface area contributed by atoms with Crippen LogP contribution < -0.4 is 20.7 Å². The van der Waals surface area contributed by atoms with Gasteiger partial charge in [0, 0.05) is 41.5 Å². The molecule has 0 saturated heterocycles. The van der Waals surface area contributed by atoms with E-state index in [1.165, 1.54) is 18.5 Å². The van der Waals surface area contributed by atoms with Crippen LogP contribution in [0.2, 0.25) is 0 Å². The molecule has 1 aromatic carbocycles. The van der Waals surface area contributed by atoms with Crippen molar-refractivity contribution >= 4 is 17.5 Å². The molecule has 2 aromatic heterocycles. The number of carbonyl (C=O) groups is 1. The second-order valence-corrected chi connectivity index (χ2v) is 9.78. The quantitative estimate of drug-likeness (QED) is 0.332. The standard InChI is InChI=1S/C27H32N8O2/c1-37-23-9-2-17(15-28)12-19(23)13-27(36)31-21-7-5-20(6-8-21)30-16-26-29-11-10-24(33-26)32-25-14-22(34-35-25)18-3-4-18/h2,9-12,14,18,20-21,30H,3-8,13,16H2,1H3,(H,31,36)(H2,29,32,33,34,35). The van der Waals surface area contributed by atoms with E-state index in [2.05, 4.69) is 48.3 Å². The number of nitriles is 1. The molecule has 192 valence electrons. The van der Waals surface area contributed by atoms with E-state index in [4.69, 9.17) is 10.00 Å². The summed E-state index contributed by atoms with van der Waals surface area (Å²) in [6.45, 7) is 0.583. The summed E-state index contributed by atoms with van der Waals surface area (Å²) in [5.74, 6) is 3.42. The largest absolute Gasteiger partial charge is 0.496 e. The van der Waals surface area contributed by atoms with Crippen LogP contribution in [0, 0.1) is 11.3 Å². The summed E-state index contributed by atoms with van der Waals surface area (Å²) in [5, 5.41) is 26.5. The van der Waals surface area contributed by atoms with Gasteiger partial charge in [-0.2, -0.15) is 10.4 Å². The highest BCUT2D eigenvalue weighted by Crippen LogP contribution is 2.39. The molecule has 2 aliphatic carbocycles. The molecule has 5 rings (SSSR count). The predicted molar refractivity (Wildman–Crippen MR) is 138 cm³/mol. The molecule has 2 heterocycles. The summed E-state index contributed by atoms with van der Waals surface area (Å²) in [7, 11) is 1.57. The second-order valence-electron chi connectivity index (χ2n) is 9.78. The summed E-state index contributed by atoms with van der Waals surface area (Å²) < 4.78 is 5.35. The maximum Gasteiger partial charge on any atom is 0.224 e. The number of aromatic nitrogens is 4. The van der Waals surface area contributed by atoms with E-state index in [1.807, 2.05) is 6.07 Å². The van der Waals surface area contributed by atoms with Crippen LogP contribution in [0.4, 0.5) is 11.6 Å². The zero-order chi connectivity index (χ0) is 25.6. The number of hydrogen-bond acceptors (Lipinski definition) is 8. The number of amides is 1. The van der Waals surface area contributed by atoms with Crippen molar-refractivity contribution in [2.45, 2.75) is 69.5 Å². The van der Waals surface area contributed by atoms with Crippen LogP contribution in [-0.4, -0.2) is 45.3 Å². The number of rotatable bonds is 10. The highest BCUT2D eigenvalue weighted by atomic mass is 16.5. The van der Waals surface area contributed by atoms with Gasteiger partial charge in [-0.05, 0) is 62.8 Å². The molecule has 1 amide bonds. The van der Waals surface area contributed by atoms with Crippen molar-refractivity contribution in [2.24, 2.45) is 0 Å². The third-order valence-corrected chi connectivity index (χ3v) is 6.98. The molecule has 0 bridgehead atoms. The van der Waals surface area contributed by atoms with Crippen LogP contribution in [0.15, 0.2) is 36.5 Å². The first-order valence-corrected chi connectivity index (χ1v) is 12.8. The SMILES string of the molecule is COc1ccc(C#N)cc1CC(=O)NC1CCC(NCc2nccc(Nc3cc(C4CC4)[nH]n3)n2)CC1. The van der Waals surface area contributed by atoms with Crippen LogP contribution in [0.5, 0.6) is 5.75 Å². The Labute approximate surface area is 216 Å². The lowest BCUT2D eigenvalue weighted by Gasteiger charge is -2.29. The molecule has 10 heteroatoms. The monoisotopic (exact) mass is 500 g/mol. The minimum Gasteiger partial charge on any atom is -0.496 e. The summed E-state index contributed by atoms with van der Waals surface area (Å²) in [6, 6.07) is 11.6.